The van der Waals surface area contributed by atoms with Gasteiger partial charge in [-0.05, 0) is 33.6 Å². The van der Waals surface area contributed by atoms with Crippen molar-refractivity contribution in [2.45, 2.75) is 57.4 Å². The molecule has 1 heterocycles. The Morgan fingerprint density at radius 3 is 2.20 bits per heavy atom. The van der Waals surface area contributed by atoms with Crippen LogP contribution in [0.3, 0.4) is 0 Å². The van der Waals surface area contributed by atoms with Gasteiger partial charge in [0.2, 0.25) is 10.0 Å². The van der Waals surface area contributed by atoms with Crippen LogP contribution in [0.15, 0.2) is 0 Å². The summed E-state index contributed by atoms with van der Waals surface area (Å²) in [6, 6.07) is 0.125. The molecule has 0 aromatic heterocycles. The third-order valence-electron chi connectivity index (χ3n) is 3.17. The van der Waals surface area contributed by atoms with E-state index in [4.69, 9.17) is 5.11 Å². The first-order valence-electron chi connectivity index (χ1n) is 5.54. The zero-order valence-electron chi connectivity index (χ0n) is 9.68. The zero-order valence-corrected chi connectivity index (χ0v) is 10.5. The van der Waals surface area contributed by atoms with Crippen molar-refractivity contribution in [2.24, 2.45) is 0 Å². The molecule has 90 valence electrons. The van der Waals surface area contributed by atoms with E-state index in [9.17, 15) is 8.42 Å². The second-order valence-corrected chi connectivity index (χ2v) is 6.75. The number of rotatable bonds is 3. The van der Waals surface area contributed by atoms with Gasteiger partial charge in [0.05, 0.1) is 11.9 Å². The Labute approximate surface area is 92.3 Å². The van der Waals surface area contributed by atoms with Crippen LogP contribution in [-0.2, 0) is 10.0 Å². The summed E-state index contributed by atoms with van der Waals surface area (Å²) in [5.41, 5.74) is 0. The first kappa shape index (κ1) is 12.9. The van der Waals surface area contributed by atoms with Gasteiger partial charge in [0.15, 0.2) is 0 Å². The molecular formula is C10H21NO3S. The van der Waals surface area contributed by atoms with Crippen molar-refractivity contribution in [1.29, 1.82) is 0 Å². The molecule has 1 N–H and O–H groups in total. The van der Waals surface area contributed by atoms with Crippen LogP contribution < -0.4 is 0 Å². The standard InChI is InChI=1S/C10H21NO3S/c1-8-5-4-6-9(2)11(8)15(13,14)10(3)7-12/h8-10,12H,4-7H2,1-3H3/t8-,9+,10?. The molecule has 1 aliphatic heterocycles. The van der Waals surface area contributed by atoms with Gasteiger partial charge in [0.1, 0.15) is 0 Å². The van der Waals surface area contributed by atoms with Gasteiger partial charge < -0.3 is 5.11 Å². The zero-order chi connectivity index (χ0) is 11.6. The Hall–Kier alpha value is -0.130. The van der Waals surface area contributed by atoms with Gasteiger partial charge in [-0.2, -0.15) is 4.31 Å². The van der Waals surface area contributed by atoms with E-state index >= 15 is 0 Å². The molecule has 1 aliphatic rings. The normalized spacial score (nSPS) is 31.5. The number of hydrogen-bond acceptors (Lipinski definition) is 3. The summed E-state index contributed by atoms with van der Waals surface area (Å²) in [6.45, 7) is 5.14. The lowest BCUT2D eigenvalue weighted by atomic mass is 10.0. The quantitative estimate of drug-likeness (QED) is 0.792. The van der Waals surface area contributed by atoms with E-state index < -0.39 is 15.3 Å². The molecule has 3 atom stereocenters. The van der Waals surface area contributed by atoms with Crippen LogP contribution >= 0.6 is 0 Å². The molecule has 0 aliphatic carbocycles. The SMILES string of the molecule is CC(CO)S(=O)(=O)N1[C@H](C)CCC[C@@H]1C. The molecule has 1 unspecified atom stereocenters. The van der Waals surface area contributed by atoms with E-state index in [1.165, 1.54) is 0 Å². The summed E-state index contributed by atoms with van der Waals surface area (Å²) in [5, 5.41) is 8.27. The minimum atomic E-state index is -3.33. The van der Waals surface area contributed by atoms with Gasteiger partial charge in [-0.1, -0.05) is 6.42 Å². The van der Waals surface area contributed by atoms with E-state index in [-0.39, 0.29) is 18.7 Å². The average molecular weight is 235 g/mol. The number of aliphatic hydroxyl groups is 1. The fourth-order valence-corrected chi connectivity index (χ4v) is 4.02. The van der Waals surface area contributed by atoms with Crippen LogP contribution in [0.25, 0.3) is 0 Å². The summed E-state index contributed by atoms with van der Waals surface area (Å²) in [4.78, 5) is 0. The second kappa shape index (κ2) is 4.80. The van der Waals surface area contributed by atoms with E-state index in [0.717, 1.165) is 19.3 Å². The lowest BCUT2D eigenvalue weighted by Crippen LogP contribution is -2.51. The molecule has 0 amide bonds. The first-order chi connectivity index (χ1) is 6.91. The van der Waals surface area contributed by atoms with Gasteiger partial charge in [-0.3, -0.25) is 0 Å². The van der Waals surface area contributed by atoms with E-state index in [1.807, 2.05) is 13.8 Å². The van der Waals surface area contributed by atoms with Crippen LogP contribution in [0.1, 0.15) is 40.0 Å². The third kappa shape index (κ3) is 2.52. The van der Waals surface area contributed by atoms with Crippen LogP contribution in [0, 0.1) is 0 Å². The number of nitrogens with zero attached hydrogens (tertiary/aromatic N) is 1. The lowest BCUT2D eigenvalue weighted by Gasteiger charge is -2.39. The highest BCUT2D eigenvalue weighted by Crippen LogP contribution is 2.27. The molecule has 4 nitrogen and oxygen atoms in total. The van der Waals surface area contributed by atoms with Gasteiger partial charge in [-0.15, -0.1) is 0 Å². The molecule has 0 bridgehead atoms. The molecule has 1 rings (SSSR count). The molecule has 5 heteroatoms. The highest BCUT2D eigenvalue weighted by Gasteiger charge is 2.37. The molecule has 0 aromatic rings. The average Bonchev–Trinajstić information content (AvgIpc) is 2.15. The minimum absolute atomic E-state index is 0.0627. The van der Waals surface area contributed by atoms with Crippen molar-refractivity contribution in [3.8, 4) is 0 Å². The van der Waals surface area contributed by atoms with E-state index in [0.29, 0.717) is 0 Å². The Morgan fingerprint density at radius 1 is 1.33 bits per heavy atom. The van der Waals surface area contributed by atoms with Crippen molar-refractivity contribution in [2.75, 3.05) is 6.61 Å². The predicted octanol–water partition coefficient (Wildman–Crippen LogP) is 0.960. The Morgan fingerprint density at radius 2 is 1.80 bits per heavy atom. The summed E-state index contributed by atoms with van der Waals surface area (Å²) in [7, 11) is -3.33. The molecule has 0 aromatic carbocycles. The van der Waals surface area contributed by atoms with Crippen molar-refractivity contribution in [3.63, 3.8) is 0 Å². The summed E-state index contributed by atoms with van der Waals surface area (Å²) in [5.74, 6) is 0. The van der Waals surface area contributed by atoms with E-state index in [2.05, 4.69) is 0 Å². The lowest BCUT2D eigenvalue weighted by molar-refractivity contribution is 0.198. The Balaban J connectivity index is 2.93. The minimum Gasteiger partial charge on any atom is -0.395 e. The number of hydrogen-bond donors (Lipinski definition) is 1. The fraction of sp³-hybridized carbons (Fsp3) is 1.00. The molecule has 0 saturated carbocycles. The molecule has 1 fully saturated rings. The van der Waals surface area contributed by atoms with Crippen molar-refractivity contribution < 1.29 is 13.5 Å². The summed E-state index contributed by atoms with van der Waals surface area (Å²) in [6.07, 6.45) is 2.92. The number of piperidine rings is 1. The molecule has 15 heavy (non-hydrogen) atoms. The number of sulfonamides is 1. The summed E-state index contributed by atoms with van der Waals surface area (Å²) < 4.78 is 25.8. The van der Waals surface area contributed by atoms with Gasteiger partial charge >= 0.3 is 0 Å². The predicted molar refractivity (Wildman–Crippen MR) is 60.1 cm³/mol. The highest BCUT2D eigenvalue weighted by atomic mass is 32.2. The summed E-state index contributed by atoms with van der Waals surface area (Å²) >= 11 is 0. The van der Waals surface area contributed by atoms with Crippen LogP contribution in [0.5, 0.6) is 0 Å². The van der Waals surface area contributed by atoms with Gasteiger partial charge in [0, 0.05) is 12.1 Å². The Kier molecular flexibility index (Phi) is 4.14. The van der Waals surface area contributed by atoms with Crippen LogP contribution in [-0.4, -0.2) is 41.8 Å². The first-order valence-corrected chi connectivity index (χ1v) is 7.04. The van der Waals surface area contributed by atoms with Gasteiger partial charge in [-0.25, -0.2) is 8.42 Å². The topological polar surface area (TPSA) is 57.6 Å². The maximum Gasteiger partial charge on any atom is 0.219 e. The second-order valence-electron chi connectivity index (χ2n) is 4.50. The molecule has 0 spiro atoms. The van der Waals surface area contributed by atoms with Crippen molar-refractivity contribution in [3.05, 3.63) is 0 Å². The molecular weight excluding hydrogens is 214 g/mol. The Bertz CT molecular complexity index is 292. The smallest absolute Gasteiger partial charge is 0.219 e. The van der Waals surface area contributed by atoms with Crippen LogP contribution in [0.2, 0.25) is 0 Å². The maximum atomic E-state index is 12.1. The van der Waals surface area contributed by atoms with Crippen molar-refractivity contribution in [1.82, 2.24) is 4.31 Å². The maximum absolute atomic E-state index is 12.1. The van der Waals surface area contributed by atoms with Crippen LogP contribution in [0.4, 0.5) is 0 Å². The number of aliphatic hydroxyl groups excluding tert-OH is 1. The van der Waals surface area contributed by atoms with E-state index in [1.54, 1.807) is 11.2 Å². The fourth-order valence-electron chi connectivity index (χ4n) is 2.20. The molecule has 1 saturated heterocycles. The van der Waals surface area contributed by atoms with Gasteiger partial charge in [0.25, 0.3) is 0 Å². The van der Waals surface area contributed by atoms with Crippen molar-refractivity contribution >= 4 is 10.0 Å². The largest absolute Gasteiger partial charge is 0.395 e. The monoisotopic (exact) mass is 235 g/mol. The highest BCUT2D eigenvalue weighted by molar-refractivity contribution is 7.89. The third-order valence-corrected chi connectivity index (χ3v) is 5.65. The molecule has 0 radical (unpaired) electrons.